The molecule has 1 aliphatic heterocycles. The molecular formula is C15H31NO. The van der Waals surface area contributed by atoms with Gasteiger partial charge in [0.05, 0.1) is 6.10 Å². The molecule has 0 spiro atoms. The molecule has 1 rings (SSSR count). The van der Waals surface area contributed by atoms with Crippen molar-refractivity contribution in [3.8, 4) is 0 Å². The molecule has 0 radical (unpaired) electrons. The molecule has 0 amide bonds. The number of hydrogen-bond acceptors (Lipinski definition) is 2. The Balaban J connectivity index is 1.83. The minimum absolute atomic E-state index is 0.0460. The number of rotatable bonds is 9. The zero-order valence-corrected chi connectivity index (χ0v) is 11.6. The molecule has 0 aromatic carbocycles. The Morgan fingerprint density at radius 3 is 2.29 bits per heavy atom. The van der Waals surface area contributed by atoms with Gasteiger partial charge >= 0.3 is 0 Å². The zero-order valence-electron chi connectivity index (χ0n) is 11.6. The standard InChI is InChI=1S/C15H31NO/c1-2-3-4-5-6-7-8-9-10-14-13-15(17)11-12-16-14/h14-17H,2-13H2,1H3. The topological polar surface area (TPSA) is 32.3 Å². The molecule has 1 saturated heterocycles. The van der Waals surface area contributed by atoms with Gasteiger partial charge in [0.15, 0.2) is 0 Å². The Morgan fingerprint density at radius 2 is 1.65 bits per heavy atom. The summed E-state index contributed by atoms with van der Waals surface area (Å²) in [5, 5.41) is 13.1. The summed E-state index contributed by atoms with van der Waals surface area (Å²) in [5.74, 6) is 0. The normalized spacial score (nSPS) is 25.1. The van der Waals surface area contributed by atoms with Crippen molar-refractivity contribution in [3.05, 3.63) is 0 Å². The lowest BCUT2D eigenvalue weighted by Gasteiger charge is -2.27. The van der Waals surface area contributed by atoms with Gasteiger partial charge in [0.2, 0.25) is 0 Å². The van der Waals surface area contributed by atoms with Crippen LogP contribution in [0.1, 0.15) is 77.6 Å². The van der Waals surface area contributed by atoms with Gasteiger partial charge in [0.1, 0.15) is 0 Å². The summed E-state index contributed by atoms with van der Waals surface area (Å²) >= 11 is 0. The number of nitrogens with one attached hydrogen (secondary N) is 1. The minimum atomic E-state index is -0.0460. The molecule has 17 heavy (non-hydrogen) atoms. The van der Waals surface area contributed by atoms with Crippen molar-refractivity contribution < 1.29 is 5.11 Å². The summed E-state index contributed by atoms with van der Waals surface area (Å²) in [4.78, 5) is 0. The predicted molar refractivity (Wildman–Crippen MR) is 74.3 cm³/mol. The zero-order chi connectivity index (χ0) is 12.3. The summed E-state index contributed by atoms with van der Waals surface area (Å²) < 4.78 is 0. The Hall–Kier alpha value is -0.0800. The second-order valence-corrected chi connectivity index (χ2v) is 5.59. The molecule has 0 aromatic heterocycles. The molecule has 1 aliphatic rings. The minimum Gasteiger partial charge on any atom is -0.393 e. The predicted octanol–water partition coefficient (Wildman–Crippen LogP) is 3.63. The molecule has 2 N–H and O–H groups in total. The van der Waals surface area contributed by atoms with E-state index < -0.39 is 0 Å². The number of unbranched alkanes of at least 4 members (excludes halogenated alkanes) is 7. The lowest BCUT2D eigenvalue weighted by Crippen LogP contribution is -2.40. The van der Waals surface area contributed by atoms with Gasteiger partial charge < -0.3 is 10.4 Å². The van der Waals surface area contributed by atoms with Crippen LogP contribution in [0.25, 0.3) is 0 Å². The molecule has 0 aromatic rings. The van der Waals surface area contributed by atoms with Crippen LogP contribution in [0.3, 0.4) is 0 Å². The highest BCUT2D eigenvalue weighted by atomic mass is 16.3. The number of piperidine rings is 1. The van der Waals surface area contributed by atoms with Crippen LogP contribution in [0.5, 0.6) is 0 Å². The SMILES string of the molecule is CCCCCCCCCCC1CC(O)CCN1. The van der Waals surface area contributed by atoms with E-state index in [1.165, 1.54) is 57.8 Å². The monoisotopic (exact) mass is 241 g/mol. The highest BCUT2D eigenvalue weighted by Crippen LogP contribution is 2.15. The van der Waals surface area contributed by atoms with E-state index >= 15 is 0 Å². The summed E-state index contributed by atoms with van der Waals surface area (Å²) in [6.45, 7) is 3.27. The van der Waals surface area contributed by atoms with E-state index in [9.17, 15) is 5.11 Å². The van der Waals surface area contributed by atoms with Crippen LogP contribution in [0, 0.1) is 0 Å². The highest BCUT2D eigenvalue weighted by Gasteiger charge is 2.18. The first-order valence-corrected chi connectivity index (χ1v) is 7.74. The van der Waals surface area contributed by atoms with Crippen LogP contribution >= 0.6 is 0 Å². The van der Waals surface area contributed by atoms with Crippen molar-refractivity contribution in [2.45, 2.75) is 89.7 Å². The maximum Gasteiger partial charge on any atom is 0.0567 e. The van der Waals surface area contributed by atoms with Crippen molar-refractivity contribution in [2.75, 3.05) is 6.54 Å². The lowest BCUT2D eigenvalue weighted by atomic mass is 9.96. The summed E-state index contributed by atoms with van der Waals surface area (Å²) in [6.07, 6.45) is 14.2. The molecule has 2 heteroatoms. The van der Waals surface area contributed by atoms with E-state index in [0.29, 0.717) is 6.04 Å². The third-order valence-corrected chi connectivity index (χ3v) is 3.87. The third kappa shape index (κ3) is 7.77. The van der Waals surface area contributed by atoms with Gasteiger partial charge in [0, 0.05) is 6.04 Å². The maximum absolute atomic E-state index is 9.56. The van der Waals surface area contributed by atoms with Gasteiger partial charge in [-0.25, -0.2) is 0 Å². The van der Waals surface area contributed by atoms with E-state index in [4.69, 9.17) is 0 Å². The fourth-order valence-electron chi connectivity index (χ4n) is 2.73. The van der Waals surface area contributed by atoms with Crippen LogP contribution in [-0.2, 0) is 0 Å². The smallest absolute Gasteiger partial charge is 0.0567 e. The van der Waals surface area contributed by atoms with Gasteiger partial charge in [-0.05, 0) is 25.8 Å². The van der Waals surface area contributed by atoms with E-state index in [1.807, 2.05) is 0 Å². The first-order valence-electron chi connectivity index (χ1n) is 7.74. The van der Waals surface area contributed by atoms with Crippen LogP contribution in [0.4, 0.5) is 0 Å². The van der Waals surface area contributed by atoms with Crippen LogP contribution in [0.2, 0.25) is 0 Å². The van der Waals surface area contributed by atoms with Crippen LogP contribution in [-0.4, -0.2) is 23.8 Å². The van der Waals surface area contributed by atoms with Gasteiger partial charge in [-0.3, -0.25) is 0 Å². The number of aliphatic hydroxyl groups excluding tert-OH is 1. The number of hydrogen-bond donors (Lipinski definition) is 2. The van der Waals surface area contributed by atoms with Crippen LogP contribution < -0.4 is 5.32 Å². The fraction of sp³-hybridized carbons (Fsp3) is 1.00. The van der Waals surface area contributed by atoms with E-state index in [-0.39, 0.29) is 6.10 Å². The largest absolute Gasteiger partial charge is 0.393 e. The quantitative estimate of drug-likeness (QED) is 0.604. The summed E-state index contributed by atoms with van der Waals surface area (Å²) in [7, 11) is 0. The Labute approximate surface area is 107 Å². The molecule has 1 heterocycles. The van der Waals surface area contributed by atoms with Gasteiger partial charge in [0.25, 0.3) is 0 Å². The van der Waals surface area contributed by atoms with Gasteiger partial charge in [-0.2, -0.15) is 0 Å². The van der Waals surface area contributed by atoms with Gasteiger partial charge in [-0.15, -0.1) is 0 Å². The summed E-state index contributed by atoms with van der Waals surface area (Å²) in [5.41, 5.74) is 0. The van der Waals surface area contributed by atoms with Crippen molar-refractivity contribution in [1.82, 2.24) is 5.32 Å². The number of aliphatic hydroxyl groups is 1. The second-order valence-electron chi connectivity index (χ2n) is 5.59. The third-order valence-electron chi connectivity index (χ3n) is 3.87. The van der Waals surface area contributed by atoms with Crippen molar-refractivity contribution in [3.63, 3.8) is 0 Å². The molecule has 0 saturated carbocycles. The fourth-order valence-corrected chi connectivity index (χ4v) is 2.73. The van der Waals surface area contributed by atoms with Crippen molar-refractivity contribution in [2.24, 2.45) is 0 Å². The molecule has 2 atom stereocenters. The first-order chi connectivity index (χ1) is 8.33. The average Bonchev–Trinajstić information content (AvgIpc) is 2.33. The van der Waals surface area contributed by atoms with Crippen molar-refractivity contribution in [1.29, 1.82) is 0 Å². The Kier molecular flexibility index (Phi) is 8.72. The average molecular weight is 241 g/mol. The Bertz CT molecular complexity index is 172. The first kappa shape index (κ1) is 15.0. The van der Waals surface area contributed by atoms with Crippen molar-refractivity contribution >= 4 is 0 Å². The van der Waals surface area contributed by atoms with Crippen LogP contribution in [0.15, 0.2) is 0 Å². The molecule has 2 unspecified atom stereocenters. The lowest BCUT2D eigenvalue weighted by molar-refractivity contribution is 0.113. The second kappa shape index (κ2) is 9.90. The van der Waals surface area contributed by atoms with E-state index in [2.05, 4.69) is 12.2 Å². The molecule has 0 aliphatic carbocycles. The molecule has 0 bridgehead atoms. The van der Waals surface area contributed by atoms with Gasteiger partial charge in [-0.1, -0.05) is 58.3 Å². The van der Waals surface area contributed by atoms with E-state index in [1.54, 1.807) is 0 Å². The molecular weight excluding hydrogens is 210 g/mol. The highest BCUT2D eigenvalue weighted by molar-refractivity contribution is 4.77. The summed E-state index contributed by atoms with van der Waals surface area (Å²) in [6, 6.07) is 0.582. The Morgan fingerprint density at radius 1 is 1.00 bits per heavy atom. The molecule has 102 valence electrons. The maximum atomic E-state index is 9.56. The molecule has 2 nitrogen and oxygen atoms in total. The molecule has 1 fully saturated rings. The van der Waals surface area contributed by atoms with E-state index in [0.717, 1.165) is 19.4 Å².